The predicted octanol–water partition coefficient (Wildman–Crippen LogP) is -0.942. The van der Waals surface area contributed by atoms with Crippen molar-refractivity contribution >= 4 is 23.9 Å². The highest BCUT2D eigenvalue weighted by Gasteiger charge is 2.24. The number of carbonyl (C=O) groups is 4. The Morgan fingerprint density at radius 3 is 2.17 bits per heavy atom. The molecule has 1 aromatic carbocycles. The van der Waals surface area contributed by atoms with Crippen molar-refractivity contribution in [3.05, 3.63) is 29.8 Å². The largest absolute Gasteiger partial charge is 0.481 e. The fourth-order valence-corrected chi connectivity index (χ4v) is 1.81. The summed E-state index contributed by atoms with van der Waals surface area (Å²) in [5, 5.41) is 19.9. The molecular formula is C14H17N3O7. The number of carboxylic acid groups (broad SMARTS) is 2. The van der Waals surface area contributed by atoms with E-state index in [1.54, 1.807) is 0 Å². The van der Waals surface area contributed by atoms with E-state index in [1.807, 2.05) is 0 Å². The van der Waals surface area contributed by atoms with E-state index in [0.717, 1.165) is 0 Å². The minimum Gasteiger partial charge on any atom is -0.481 e. The lowest BCUT2D eigenvalue weighted by atomic mass is 10.0. The van der Waals surface area contributed by atoms with Crippen LogP contribution in [-0.2, 0) is 20.8 Å². The number of hydrogen-bond donors (Lipinski definition) is 5. The molecule has 0 aliphatic rings. The van der Waals surface area contributed by atoms with E-state index < -0.39 is 42.4 Å². The van der Waals surface area contributed by atoms with E-state index in [2.05, 4.69) is 10.1 Å². The number of rotatable bonds is 8. The molecule has 0 bridgehead atoms. The zero-order chi connectivity index (χ0) is 18.3. The monoisotopic (exact) mass is 339 g/mol. The number of nitrogens with one attached hydrogen (secondary N) is 1. The third-order valence-electron chi connectivity index (χ3n) is 2.93. The summed E-state index contributed by atoms with van der Waals surface area (Å²) >= 11 is 0. The smallest absolute Gasteiger partial charge is 0.409 e. The van der Waals surface area contributed by atoms with Gasteiger partial charge in [0.15, 0.2) is 0 Å². The predicted molar refractivity (Wildman–Crippen MR) is 80.2 cm³/mol. The molecule has 0 saturated heterocycles. The third kappa shape index (κ3) is 6.32. The highest BCUT2D eigenvalue weighted by molar-refractivity contribution is 5.89. The Morgan fingerprint density at radius 2 is 1.71 bits per heavy atom. The van der Waals surface area contributed by atoms with Crippen molar-refractivity contribution < 1.29 is 34.1 Å². The number of nitrogens with two attached hydrogens (primary N) is 2. The van der Waals surface area contributed by atoms with Crippen LogP contribution in [0.15, 0.2) is 24.3 Å². The first kappa shape index (κ1) is 18.9. The first-order valence-electron chi connectivity index (χ1n) is 6.75. The topological polar surface area (TPSA) is 182 Å². The van der Waals surface area contributed by atoms with Gasteiger partial charge in [0.05, 0.1) is 12.5 Å². The molecule has 10 nitrogen and oxygen atoms in total. The number of ether oxygens (including phenoxy) is 1. The number of amides is 2. The van der Waals surface area contributed by atoms with Crippen molar-refractivity contribution in [3.8, 4) is 5.75 Å². The van der Waals surface area contributed by atoms with Gasteiger partial charge in [-0.15, -0.1) is 0 Å². The van der Waals surface area contributed by atoms with Crippen LogP contribution >= 0.6 is 0 Å². The summed E-state index contributed by atoms with van der Waals surface area (Å²) < 4.78 is 4.64. The van der Waals surface area contributed by atoms with Gasteiger partial charge in [-0.25, -0.2) is 9.59 Å². The van der Waals surface area contributed by atoms with Crippen LogP contribution in [-0.4, -0.2) is 46.2 Å². The van der Waals surface area contributed by atoms with Crippen LogP contribution in [0.1, 0.15) is 12.0 Å². The quantitative estimate of drug-likeness (QED) is 0.402. The van der Waals surface area contributed by atoms with Gasteiger partial charge in [-0.1, -0.05) is 12.1 Å². The molecule has 2 amide bonds. The molecule has 0 heterocycles. The summed E-state index contributed by atoms with van der Waals surface area (Å²) in [6.45, 7) is 0. The molecule has 1 rings (SSSR count). The summed E-state index contributed by atoms with van der Waals surface area (Å²) in [6.07, 6.45) is -1.67. The van der Waals surface area contributed by atoms with Crippen molar-refractivity contribution in [2.24, 2.45) is 11.5 Å². The maximum atomic E-state index is 11.7. The van der Waals surface area contributed by atoms with Crippen LogP contribution in [0.2, 0.25) is 0 Å². The van der Waals surface area contributed by atoms with Crippen molar-refractivity contribution in [3.63, 3.8) is 0 Å². The summed E-state index contributed by atoms with van der Waals surface area (Å²) in [6, 6.07) is 3.18. The summed E-state index contributed by atoms with van der Waals surface area (Å²) in [5.41, 5.74) is 10.8. The summed E-state index contributed by atoms with van der Waals surface area (Å²) in [7, 11) is 0. The minimum absolute atomic E-state index is 0.0717. The van der Waals surface area contributed by atoms with Crippen molar-refractivity contribution in [2.75, 3.05) is 0 Å². The zero-order valence-electron chi connectivity index (χ0n) is 12.5. The number of aliphatic carboxylic acids is 2. The lowest BCUT2D eigenvalue weighted by Gasteiger charge is -2.17. The Morgan fingerprint density at radius 1 is 1.12 bits per heavy atom. The third-order valence-corrected chi connectivity index (χ3v) is 2.93. The van der Waals surface area contributed by atoms with Crippen LogP contribution in [0, 0.1) is 0 Å². The van der Waals surface area contributed by atoms with Crippen LogP contribution in [0.3, 0.4) is 0 Å². The van der Waals surface area contributed by atoms with Gasteiger partial charge < -0.3 is 31.7 Å². The van der Waals surface area contributed by atoms with Crippen LogP contribution < -0.4 is 21.5 Å². The standard InChI is InChI=1S/C14H17N3O7/c15-9(6-11(18)19)12(20)17-10(13(21)22)5-7-1-3-8(4-2-7)24-14(16)23/h1-4,9-10H,5-6,15H2,(H2,16,23)(H,17,20)(H,18,19)(H,21,22)/t9-,10-/m0/s1. The highest BCUT2D eigenvalue weighted by Crippen LogP contribution is 2.13. The first-order chi connectivity index (χ1) is 11.2. The van der Waals surface area contributed by atoms with Gasteiger partial charge in [0, 0.05) is 6.42 Å². The number of hydrogen-bond acceptors (Lipinski definition) is 6. The molecule has 0 radical (unpaired) electrons. The number of carboxylic acids is 2. The molecule has 1 aromatic rings. The SMILES string of the molecule is NC(=O)Oc1ccc(C[C@H](NC(=O)[C@@H](N)CC(=O)O)C(=O)O)cc1. The van der Waals surface area contributed by atoms with Gasteiger partial charge in [0.25, 0.3) is 0 Å². The fraction of sp³-hybridized carbons (Fsp3) is 0.286. The van der Waals surface area contributed by atoms with E-state index in [9.17, 15) is 19.2 Å². The van der Waals surface area contributed by atoms with Crippen molar-refractivity contribution in [2.45, 2.75) is 24.9 Å². The Balaban J connectivity index is 2.72. The molecule has 10 heteroatoms. The van der Waals surface area contributed by atoms with E-state index in [1.165, 1.54) is 24.3 Å². The van der Waals surface area contributed by atoms with Gasteiger partial charge in [0.1, 0.15) is 11.8 Å². The van der Waals surface area contributed by atoms with Crippen LogP contribution in [0.5, 0.6) is 5.75 Å². The Labute approximate surface area is 136 Å². The van der Waals surface area contributed by atoms with Gasteiger partial charge in [0.2, 0.25) is 5.91 Å². The van der Waals surface area contributed by atoms with E-state index in [-0.39, 0.29) is 12.2 Å². The second-order valence-corrected chi connectivity index (χ2v) is 4.87. The molecule has 0 aromatic heterocycles. The molecule has 0 unspecified atom stereocenters. The molecule has 0 aliphatic heterocycles. The van der Waals surface area contributed by atoms with E-state index in [4.69, 9.17) is 21.7 Å². The second kappa shape index (κ2) is 8.48. The van der Waals surface area contributed by atoms with Gasteiger partial charge in [-0.05, 0) is 17.7 Å². The van der Waals surface area contributed by atoms with E-state index in [0.29, 0.717) is 5.56 Å². The van der Waals surface area contributed by atoms with E-state index >= 15 is 0 Å². The lowest BCUT2D eigenvalue weighted by Crippen LogP contribution is -2.49. The Hall–Kier alpha value is -3.14. The number of primary amides is 1. The minimum atomic E-state index is -1.35. The maximum Gasteiger partial charge on any atom is 0.409 e. The molecule has 130 valence electrons. The van der Waals surface area contributed by atoms with Crippen LogP contribution in [0.25, 0.3) is 0 Å². The normalized spacial score (nSPS) is 12.7. The number of carbonyl (C=O) groups excluding carboxylic acids is 2. The zero-order valence-corrected chi connectivity index (χ0v) is 12.5. The van der Waals surface area contributed by atoms with Crippen molar-refractivity contribution in [1.29, 1.82) is 0 Å². The average molecular weight is 339 g/mol. The Kier molecular flexibility index (Phi) is 6.68. The molecule has 0 saturated carbocycles. The average Bonchev–Trinajstić information content (AvgIpc) is 2.46. The molecule has 7 N–H and O–H groups in total. The van der Waals surface area contributed by atoms with Gasteiger partial charge in [-0.2, -0.15) is 0 Å². The molecule has 0 spiro atoms. The first-order valence-corrected chi connectivity index (χ1v) is 6.75. The van der Waals surface area contributed by atoms with Crippen molar-refractivity contribution in [1.82, 2.24) is 5.32 Å². The van der Waals surface area contributed by atoms with Crippen LogP contribution in [0.4, 0.5) is 4.79 Å². The molecule has 24 heavy (non-hydrogen) atoms. The van der Waals surface area contributed by atoms with Gasteiger partial charge >= 0.3 is 18.0 Å². The Bertz CT molecular complexity index is 630. The summed E-state index contributed by atoms with van der Waals surface area (Å²) in [4.78, 5) is 44.1. The molecule has 2 atom stereocenters. The fourth-order valence-electron chi connectivity index (χ4n) is 1.81. The highest BCUT2D eigenvalue weighted by atomic mass is 16.5. The molecule has 0 fully saturated rings. The van der Waals surface area contributed by atoms with Gasteiger partial charge in [-0.3, -0.25) is 9.59 Å². The lowest BCUT2D eigenvalue weighted by molar-refractivity contribution is -0.142. The molecule has 0 aliphatic carbocycles. The summed E-state index contributed by atoms with van der Waals surface area (Å²) in [5.74, 6) is -3.26. The second-order valence-electron chi connectivity index (χ2n) is 4.87. The maximum absolute atomic E-state index is 11.7. The molecular weight excluding hydrogens is 322 g/mol. The number of benzene rings is 1.